The summed E-state index contributed by atoms with van der Waals surface area (Å²) in [5, 5.41) is 14.6. The van der Waals surface area contributed by atoms with Crippen molar-refractivity contribution in [3.63, 3.8) is 0 Å². The number of nitrogens with zero attached hydrogens (tertiary/aromatic N) is 3. The maximum absolute atomic E-state index is 5.29. The molecule has 0 amide bonds. The van der Waals surface area contributed by atoms with E-state index >= 15 is 0 Å². The Kier molecular flexibility index (Phi) is 6.12. The summed E-state index contributed by atoms with van der Waals surface area (Å²) in [5.74, 6) is 1.98. The van der Waals surface area contributed by atoms with Crippen molar-refractivity contribution in [3.8, 4) is 34.2 Å². The van der Waals surface area contributed by atoms with Crippen molar-refractivity contribution in [3.05, 3.63) is 164 Å². The molecule has 9 aromatic carbocycles. The van der Waals surface area contributed by atoms with Gasteiger partial charge < -0.3 is 0 Å². The van der Waals surface area contributed by atoms with Crippen LogP contribution in [0.1, 0.15) is 0 Å². The largest absolute Gasteiger partial charge is 0.208 e. The van der Waals surface area contributed by atoms with Gasteiger partial charge >= 0.3 is 0 Å². The van der Waals surface area contributed by atoms with Crippen LogP contribution in [0.15, 0.2) is 164 Å². The van der Waals surface area contributed by atoms with Crippen LogP contribution in [0.25, 0.3) is 108 Å². The molecule has 0 spiro atoms. The number of rotatable bonds is 3. The van der Waals surface area contributed by atoms with Gasteiger partial charge in [0, 0.05) is 36.9 Å². The fourth-order valence-electron chi connectivity index (χ4n) is 7.73. The van der Waals surface area contributed by atoms with E-state index in [1.54, 1.807) is 0 Å². The molecule has 11 aromatic rings. The Morgan fingerprint density at radius 2 is 0.824 bits per heavy atom. The van der Waals surface area contributed by atoms with Crippen molar-refractivity contribution in [1.29, 1.82) is 0 Å². The maximum Gasteiger partial charge on any atom is 0.164 e. The molecule has 2 heterocycles. The van der Waals surface area contributed by atoms with E-state index in [-0.39, 0.29) is 0 Å². The predicted octanol–water partition coefficient (Wildman–Crippen LogP) is 13.0. The number of hydrogen-bond acceptors (Lipinski definition) is 4. The molecule has 0 saturated heterocycles. The highest BCUT2D eigenvalue weighted by Gasteiger charge is 2.20. The molecule has 51 heavy (non-hydrogen) atoms. The number of thiophene rings is 1. The number of aromatic nitrogens is 3. The van der Waals surface area contributed by atoms with Crippen molar-refractivity contribution in [2.75, 3.05) is 0 Å². The predicted molar refractivity (Wildman–Crippen MR) is 217 cm³/mol. The number of hydrogen-bond donors (Lipinski definition) is 0. The van der Waals surface area contributed by atoms with Crippen LogP contribution >= 0.6 is 11.3 Å². The number of benzene rings is 9. The molecule has 0 aliphatic rings. The average molecular weight is 666 g/mol. The Morgan fingerprint density at radius 1 is 0.314 bits per heavy atom. The fraction of sp³-hybridized carbons (Fsp3) is 0. The summed E-state index contributed by atoms with van der Waals surface area (Å²) in [7, 11) is 0. The first-order valence-corrected chi connectivity index (χ1v) is 18.0. The van der Waals surface area contributed by atoms with Crippen LogP contribution < -0.4 is 0 Å². The van der Waals surface area contributed by atoms with E-state index in [0.717, 1.165) is 32.8 Å². The normalized spacial score (nSPS) is 11.9. The van der Waals surface area contributed by atoms with Gasteiger partial charge in [-0.25, -0.2) is 15.0 Å². The van der Waals surface area contributed by atoms with Crippen LogP contribution in [0.2, 0.25) is 0 Å². The molecule has 0 atom stereocenters. The van der Waals surface area contributed by atoms with Crippen LogP contribution in [0.3, 0.4) is 0 Å². The van der Waals surface area contributed by atoms with Gasteiger partial charge in [-0.2, -0.15) is 0 Å². The summed E-state index contributed by atoms with van der Waals surface area (Å²) in [6.45, 7) is 0. The van der Waals surface area contributed by atoms with Gasteiger partial charge in [0.2, 0.25) is 0 Å². The monoisotopic (exact) mass is 665 g/mol. The van der Waals surface area contributed by atoms with Crippen molar-refractivity contribution < 1.29 is 0 Å². The molecule has 2 aromatic heterocycles. The maximum atomic E-state index is 5.29. The second kappa shape index (κ2) is 11.0. The van der Waals surface area contributed by atoms with Gasteiger partial charge in [-0.05, 0) is 84.2 Å². The van der Waals surface area contributed by atoms with Crippen LogP contribution in [0, 0.1) is 0 Å². The average Bonchev–Trinajstić information content (AvgIpc) is 3.55. The summed E-state index contributed by atoms with van der Waals surface area (Å²) in [6.07, 6.45) is 0. The van der Waals surface area contributed by atoms with Gasteiger partial charge in [-0.1, -0.05) is 133 Å². The van der Waals surface area contributed by atoms with E-state index in [0.29, 0.717) is 17.5 Å². The Hall–Kier alpha value is -6.49. The van der Waals surface area contributed by atoms with Crippen molar-refractivity contribution in [2.24, 2.45) is 0 Å². The van der Waals surface area contributed by atoms with E-state index in [9.17, 15) is 0 Å². The fourth-order valence-corrected chi connectivity index (χ4v) is 8.92. The van der Waals surface area contributed by atoms with Crippen molar-refractivity contribution in [1.82, 2.24) is 15.0 Å². The lowest BCUT2D eigenvalue weighted by Gasteiger charge is -2.13. The quantitative estimate of drug-likeness (QED) is 0.176. The molecule has 0 N–H and O–H groups in total. The molecule has 4 heteroatoms. The lowest BCUT2D eigenvalue weighted by atomic mass is 9.93. The highest BCUT2D eigenvalue weighted by atomic mass is 32.1. The van der Waals surface area contributed by atoms with E-state index in [2.05, 4.69) is 164 Å². The standard InChI is InChI=1S/C47H27N3S/c1-3-12-31-23-35(19-17-28(31)9-1)45-48-46(36-20-18-29-10-2-4-13-32(29)24-36)50-47(49-45)39-27-42-44(43-37-16-8-7-11-30(37)21-22-38(39)43)40-25-33-14-5-6-15-34(33)26-41(40)51-42/h1-27H. The van der Waals surface area contributed by atoms with Crippen LogP contribution in [0.4, 0.5) is 0 Å². The summed E-state index contributed by atoms with van der Waals surface area (Å²) >= 11 is 1.84. The first-order chi connectivity index (χ1) is 25.2. The lowest BCUT2D eigenvalue weighted by Crippen LogP contribution is -2.01. The second-order valence-electron chi connectivity index (χ2n) is 13.2. The zero-order valence-corrected chi connectivity index (χ0v) is 28.2. The van der Waals surface area contributed by atoms with Gasteiger partial charge in [0.25, 0.3) is 0 Å². The Morgan fingerprint density at radius 3 is 1.47 bits per heavy atom. The smallest absolute Gasteiger partial charge is 0.164 e. The molecular weight excluding hydrogens is 639 g/mol. The summed E-state index contributed by atoms with van der Waals surface area (Å²) in [5.41, 5.74) is 2.93. The third-order valence-electron chi connectivity index (χ3n) is 10.2. The molecule has 0 unspecified atom stereocenters. The van der Waals surface area contributed by atoms with E-state index in [1.807, 2.05) is 11.3 Å². The summed E-state index contributed by atoms with van der Waals surface area (Å²) in [4.78, 5) is 15.7. The van der Waals surface area contributed by atoms with Gasteiger partial charge in [-0.3, -0.25) is 0 Å². The molecule has 11 rings (SSSR count). The van der Waals surface area contributed by atoms with Gasteiger partial charge in [0.15, 0.2) is 17.5 Å². The molecule has 0 aliphatic carbocycles. The number of fused-ring (bicyclic) bond motifs is 10. The molecule has 0 aliphatic heterocycles. The zero-order chi connectivity index (χ0) is 33.5. The van der Waals surface area contributed by atoms with Gasteiger partial charge in [0.05, 0.1) is 0 Å². The summed E-state index contributed by atoms with van der Waals surface area (Å²) in [6, 6.07) is 58.6. The highest BCUT2D eigenvalue weighted by Crippen LogP contribution is 2.46. The molecule has 3 nitrogen and oxygen atoms in total. The van der Waals surface area contributed by atoms with Crippen molar-refractivity contribution >= 4 is 85.4 Å². The molecule has 236 valence electrons. The Labute approximate surface area is 297 Å². The topological polar surface area (TPSA) is 38.7 Å². The minimum Gasteiger partial charge on any atom is -0.208 e. The lowest BCUT2D eigenvalue weighted by molar-refractivity contribution is 1.08. The van der Waals surface area contributed by atoms with E-state index in [4.69, 9.17) is 15.0 Å². The minimum atomic E-state index is 0.658. The minimum absolute atomic E-state index is 0.658. The van der Waals surface area contributed by atoms with Crippen LogP contribution in [-0.2, 0) is 0 Å². The molecule has 0 fully saturated rings. The van der Waals surface area contributed by atoms with Gasteiger partial charge in [-0.15, -0.1) is 11.3 Å². The molecule has 0 saturated carbocycles. The first-order valence-electron chi connectivity index (χ1n) is 17.2. The molecule has 0 bridgehead atoms. The molecular formula is C47H27N3S. The third kappa shape index (κ3) is 4.54. The highest BCUT2D eigenvalue weighted by molar-refractivity contribution is 7.26. The van der Waals surface area contributed by atoms with Crippen LogP contribution in [-0.4, -0.2) is 15.0 Å². The third-order valence-corrected chi connectivity index (χ3v) is 11.3. The second-order valence-corrected chi connectivity index (χ2v) is 14.3. The Balaban J connectivity index is 1.24. The zero-order valence-electron chi connectivity index (χ0n) is 27.3. The van der Waals surface area contributed by atoms with Crippen LogP contribution in [0.5, 0.6) is 0 Å². The first kappa shape index (κ1) is 28.4. The SMILES string of the molecule is c1ccc2cc(-c3nc(-c4ccc5ccccc5c4)nc(-c4cc5sc6cc7ccccc7cc6c5c5c4ccc4ccccc45)n3)ccc2c1. The van der Waals surface area contributed by atoms with E-state index < -0.39 is 0 Å². The van der Waals surface area contributed by atoms with Crippen molar-refractivity contribution in [2.45, 2.75) is 0 Å². The summed E-state index contributed by atoms with van der Waals surface area (Å²) < 4.78 is 2.50. The van der Waals surface area contributed by atoms with Gasteiger partial charge in [0.1, 0.15) is 0 Å². The molecule has 0 radical (unpaired) electrons. The Bertz CT molecular complexity index is 3120. The van der Waals surface area contributed by atoms with E-state index in [1.165, 1.54) is 57.9 Å².